The summed E-state index contributed by atoms with van der Waals surface area (Å²) in [6, 6.07) is 17.2. The molecule has 2 aromatic carbocycles. The number of aryl methyl sites for hydroxylation is 2. The van der Waals surface area contributed by atoms with Crippen molar-refractivity contribution in [1.82, 2.24) is 14.7 Å². The van der Waals surface area contributed by atoms with Crippen LogP contribution in [0.3, 0.4) is 0 Å². The zero-order chi connectivity index (χ0) is 21.0. The van der Waals surface area contributed by atoms with E-state index >= 15 is 0 Å². The Bertz CT molecular complexity index is 1010. The first-order valence-corrected chi connectivity index (χ1v) is 9.61. The molecule has 0 radical (unpaired) electrons. The minimum Gasteiger partial charge on any atom is -0.332 e. The number of halogens is 1. The summed E-state index contributed by atoms with van der Waals surface area (Å²) in [5.41, 5.74) is 3.66. The molecule has 1 aromatic heterocycles. The Hall–Kier alpha value is -3.12. The molecule has 0 saturated heterocycles. The Morgan fingerprint density at radius 3 is 2.38 bits per heavy atom. The lowest BCUT2D eigenvalue weighted by Gasteiger charge is -2.17. The van der Waals surface area contributed by atoms with E-state index in [9.17, 15) is 9.59 Å². The topological polar surface area (TPSA) is 67.2 Å². The van der Waals surface area contributed by atoms with E-state index in [2.05, 4.69) is 10.4 Å². The van der Waals surface area contributed by atoms with Crippen molar-refractivity contribution in [2.24, 2.45) is 0 Å². The molecular formula is C22H23ClN4O2. The van der Waals surface area contributed by atoms with Crippen LogP contribution in [0.25, 0.3) is 0 Å². The Labute approximate surface area is 175 Å². The van der Waals surface area contributed by atoms with Gasteiger partial charge >= 0.3 is 0 Å². The third kappa shape index (κ3) is 5.03. The molecule has 0 aliphatic heterocycles. The van der Waals surface area contributed by atoms with Crippen LogP contribution in [0.4, 0.5) is 5.69 Å². The molecule has 0 aliphatic carbocycles. The van der Waals surface area contributed by atoms with E-state index < -0.39 is 0 Å². The zero-order valence-electron chi connectivity index (χ0n) is 16.6. The van der Waals surface area contributed by atoms with E-state index in [0.717, 1.165) is 11.1 Å². The Kier molecular flexibility index (Phi) is 6.34. The van der Waals surface area contributed by atoms with Gasteiger partial charge in [0.15, 0.2) is 0 Å². The van der Waals surface area contributed by atoms with Crippen LogP contribution in [0.5, 0.6) is 0 Å². The lowest BCUT2D eigenvalue weighted by Crippen LogP contribution is -2.35. The molecular weight excluding hydrogens is 388 g/mol. The van der Waals surface area contributed by atoms with Crippen molar-refractivity contribution >= 4 is 29.1 Å². The van der Waals surface area contributed by atoms with Crippen LogP contribution in [0.1, 0.15) is 27.2 Å². The van der Waals surface area contributed by atoms with Gasteiger partial charge in [-0.15, -0.1) is 0 Å². The Morgan fingerprint density at radius 2 is 1.72 bits per heavy atom. The highest BCUT2D eigenvalue weighted by atomic mass is 35.5. The van der Waals surface area contributed by atoms with Gasteiger partial charge in [0, 0.05) is 12.7 Å². The van der Waals surface area contributed by atoms with E-state index in [1.54, 1.807) is 18.7 Å². The largest absolute Gasteiger partial charge is 0.332 e. The standard InChI is InChI=1S/C22H23ClN4O2/c1-15-9-11-18(12-10-15)24-19(28)14-26(3)22(29)20-16(2)25-27(21(20)23)13-17-7-5-4-6-8-17/h4-12H,13-14H2,1-3H3,(H,24,28). The van der Waals surface area contributed by atoms with Crippen LogP contribution in [0, 0.1) is 13.8 Å². The number of aromatic nitrogens is 2. The van der Waals surface area contributed by atoms with Gasteiger partial charge in [0.25, 0.3) is 5.91 Å². The molecule has 1 N–H and O–H groups in total. The first-order chi connectivity index (χ1) is 13.8. The fourth-order valence-electron chi connectivity index (χ4n) is 2.97. The van der Waals surface area contributed by atoms with Crippen molar-refractivity contribution in [3.05, 3.63) is 82.1 Å². The number of benzene rings is 2. The minimum absolute atomic E-state index is 0.0909. The summed E-state index contributed by atoms with van der Waals surface area (Å²) >= 11 is 6.45. The second-order valence-corrected chi connectivity index (χ2v) is 7.33. The number of carbonyl (C=O) groups excluding carboxylic acids is 2. The monoisotopic (exact) mass is 410 g/mol. The summed E-state index contributed by atoms with van der Waals surface area (Å²) in [4.78, 5) is 26.5. The summed E-state index contributed by atoms with van der Waals surface area (Å²) in [7, 11) is 1.57. The highest BCUT2D eigenvalue weighted by Gasteiger charge is 2.24. The van der Waals surface area contributed by atoms with Gasteiger partial charge in [-0.1, -0.05) is 59.6 Å². The molecule has 6 nitrogen and oxygen atoms in total. The number of anilines is 1. The van der Waals surface area contributed by atoms with E-state index in [-0.39, 0.29) is 23.5 Å². The van der Waals surface area contributed by atoms with Gasteiger partial charge < -0.3 is 10.2 Å². The van der Waals surface area contributed by atoms with Gasteiger partial charge in [0.05, 0.1) is 24.3 Å². The molecule has 0 aliphatic rings. The summed E-state index contributed by atoms with van der Waals surface area (Å²) in [5, 5.41) is 7.45. The molecule has 0 bridgehead atoms. The van der Waals surface area contributed by atoms with Crippen LogP contribution in [-0.4, -0.2) is 40.1 Å². The van der Waals surface area contributed by atoms with Crippen molar-refractivity contribution < 1.29 is 9.59 Å². The van der Waals surface area contributed by atoms with Crippen LogP contribution < -0.4 is 5.32 Å². The molecule has 1 heterocycles. The molecule has 0 spiro atoms. The van der Waals surface area contributed by atoms with Crippen molar-refractivity contribution in [2.75, 3.05) is 18.9 Å². The second kappa shape index (κ2) is 8.92. The molecule has 2 amide bonds. The number of rotatable bonds is 6. The maximum Gasteiger partial charge on any atom is 0.259 e. The van der Waals surface area contributed by atoms with E-state index in [4.69, 9.17) is 11.6 Å². The lowest BCUT2D eigenvalue weighted by atomic mass is 10.2. The van der Waals surface area contributed by atoms with Gasteiger partial charge in [-0.25, -0.2) is 4.68 Å². The zero-order valence-corrected chi connectivity index (χ0v) is 17.4. The van der Waals surface area contributed by atoms with Gasteiger partial charge in [-0.05, 0) is 31.5 Å². The van der Waals surface area contributed by atoms with Gasteiger partial charge in [0.2, 0.25) is 5.91 Å². The number of nitrogens with one attached hydrogen (secondary N) is 1. The third-order valence-corrected chi connectivity index (χ3v) is 4.90. The molecule has 0 atom stereocenters. The number of hydrogen-bond donors (Lipinski definition) is 1. The maximum absolute atomic E-state index is 12.9. The van der Waals surface area contributed by atoms with E-state index in [0.29, 0.717) is 23.5 Å². The molecule has 29 heavy (non-hydrogen) atoms. The summed E-state index contributed by atoms with van der Waals surface area (Å²) in [6.45, 7) is 4.08. The number of hydrogen-bond acceptors (Lipinski definition) is 3. The SMILES string of the molecule is Cc1ccc(NC(=O)CN(C)C(=O)c2c(C)nn(Cc3ccccc3)c2Cl)cc1. The Balaban J connectivity index is 1.69. The number of carbonyl (C=O) groups is 2. The molecule has 0 saturated carbocycles. The van der Waals surface area contributed by atoms with Crippen LogP contribution in [0.2, 0.25) is 5.15 Å². The number of nitrogens with zero attached hydrogens (tertiary/aromatic N) is 3. The van der Waals surface area contributed by atoms with Crippen molar-refractivity contribution in [2.45, 2.75) is 20.4 Å². The number of amides is 2. The lowest BCUT2D eigenvalue weighted by molar-refractivity contribution is -0.116. The summed E-state index contributed by atoms with van der Waals surface area (Å²) in [6.07, 6.45) is 0. The van der Waals surface area contributed by atoms with Gasteiger partial charge in [0.1, 0.15) is 5.15 Å². The van der Waals surface area contributed by atoms with Gasteiger partial charge in [-0.3, -0.25) is 9.59 Å². The predicted molar refractivity (Wildman–Crippen MR) is 114 cm³/mol. The minimum atomic E-state index is -0.342. The molecule has 3 aromatic rings. The first kappa shape index (κ1) is 20.6. The highest BCUT2D eigenvalue weighted by Crippen LogP contribution is 2.22. The van der Waals surface area contributed by atoms with Crippen molar-refractivity contribution in [3.63, 3.8) is 0 Å². The summed E-state index contributed by atoms with van der Waals surface area (Å²) < 4.78 is 1.60. The smallest absolute Gasteiger partial charge is 0.259 e. The summed E-state index contributed by atoms with van der Waals surface area (Å²) in [5.74, 6) is -0.624. The van der Waals surface area contributed by atoms with Gasteiger partial charge in [-0.2, -0.15) is 5.10 Å². The van der Waals surface area contributed by atoms with Crippen molar-refractivity contribution in [1.29, 1.82) is 0 Å². The van der Waals surface area contributed by atoms with E-state index in [1.807, 2.05) is 61.5 Å². The third-order valence-electron chi connectivity index (χ3n) is 4.52. The number of likely N-dealkylation sites (N-methyl/N-ethyl adjacent to an activating group) is 1. The predicted octanol–water partition coefficient (Wildman–Crippen LogP) is 3.91. The molecule has 150 valence electrons. The normalized spacial score (nSPS) is 10.6. The van der Waals surface area contributed by atoms with Crippen molar-refractivity contribution in [3.8, 4) is 0 Å². The van der Waals surface area contributed by atoms with Crippen LogP contribution in [0.15, 0.2) is 54.6 Å². The maximum atomic E-state index is 12.9. The molecule has 7 heteroatoms. The molecule has 3 rings (SSSR count). The fourth-order valence-corrected chi connectivity index (χ4v) is 3.29. The van der Waals surface area contributed by atoms with Crippen LogP contribution in [-0.2, 0) is 11.3 Å². The first-order valence-electron chi connectivity index (χ1n) is 9.24. The quantitative estimate of drug-likeness (QED) is 0.669. The Morgan fingerprint density at radius 1 is 1.07 bits per heavy atom. The van der Waals surface area contributed by atoms with Crippen LogP contribution >= 0.6 is 11.6 Å². The fraction of sp³-hybridized carbons (Fsp3) is 0.227. The second-order valence-electron chi connectivity index (χ2n) is 6.97. The average Bonchev–Trinajstić information content (AvgIpc) is 2.97. The average molecular weight is 411 g/mol. The molecule has 0 fully saturated rings. The molecule has 0 unspecified atom stereocenters. The highest BCUT2D eigenvalue weighted by molar-refractivity contribution is 6.33. The van der Waals surface area contributed by atoms with E-state index in [1.165, 1.54) is 4.90 Å².